The molecule has 3 heterocycles. The molecule has 1 aromatic heterocycles. The van der Waals surface area contributed by atoms with Crippen molar-refractivity contribution in [1.29, 1.82) is 0 Å². The lowest BCUT2D eigenvalue weighted by Gasteiger charge is -2.47. The quantitative estimate of drug-likeness (QED) is 0.836. The summed E-state index contributed by atoms with van der Waals surface area (Å²) in [4.78, 5) is 18.1. The first-order valence-electron chi connectivity index (χ1n) is 7.98. The molecule has 0 aliphatic carbocycles. The Morgan fingerprint density at radius 3 is 2.86 bits per heavy atom. The summed E-state index contributed by atoms with van der Waals surface area (Å²) in [5, 5.41) is 0. The lowest BCUT2D eigenvalue weighted by atomic mass is 9.92. The van der Waals surface area contributed by atoms with Crippen molar-refractivity contribution >= 4 is 17.7 Å². The minimum atomic E-state index is 0.259. The summed E-state index contributed by atoms with van der Waals surface area (Å²) in [7, 11) is 0. The molecule has 1 atom stereocenters. The van der Waals surface area contributed by atoms with Gasteiger partial charge in [0.1, 0.15) is 0 Å². The Hall–Kier alpha value is -1.07. The third-order valence-corrected chi connectivity index (χ3v) is 5.88. The van der Waals surface area contributed by atoms with Crippen molar-refractivity contribution < 1.29 is 9.53 Å². The molecule has 2 fully saturated rings. The van der Waals surface area contributed by atoms with E-state index < -0.39 is 0 Å². The molecule has 2 aliphatic rings. The van der Waals surface area contributed by atoms with Crippen LogP contribution in [0.25, 0.3) is 0 Å². The molecule has 0 N–H and O–H groups in total. The number of hydrogen-bond donors (Lipinski definition) is 0. The number of nitrogens with zero attached hydrogens (tertiary/aromatic N) is 2. The summed E-state index contributed by atoms with van der Waals surface area (Å²) >= 11 is 1.98. The molecule has 0 radical (unpaired) electrons. The molecular formula is C17H24N2O2S. The average Bonchev–Trinajstić information content (AvgIpc) is 2.88. The van der Waals surface area contributed by atoms with Crippen molar-refractivity contribution in [1.82, 2.24) is 9.88 Å². The number of carbonyl (C=O) groups is 1. The van der Waals surface area contributed by atoms with Crippen LogP contribution < -0.4 is 0 Å². The Balaban J connectivity index is 1.43. The molecule has 1 aromatic rings. The van der Waals surface area contributed by atoms with Crippen LogP contribution in [0, 0.1) is 5.92 Å². The molecule has 22 heavy (non-hydrogen) atoms. The maximum absolute atomic E-state index is 12.0. The van der Waals surface area contributed by atoms with Gasteiger partial charge in [-0.2, -0.15) is 0 Å². The van der Waals surface area contributed by atoms with E-state index >= 15 is 0 Å². The average molecular weight is 320 g/mol. The van der Waals surface area contributed by atoms with Crippen LogP contribution in [-0.2, 0) is 16.1 Å². The van der Waals surface area contributed by atoms with Gasteiger partial charge in [0.15, 0.2) is 0 Å². The van der Waals surface area contributed by atoms with Crippen molar-refractivity contribution in [2.45, 2.75) is 44.1 Å². The lowest BCUT2D eigenvalue weighted by Crippen LogP contribution is -2.60. The number of thioether (sulfide) groups is 1. The smallest absolute Gasteiger partial charge is 0.222 e. The number of likely N-dealkylation sites (tertiary alicyclic amines) is 1. The van der Waals surface area contributed by atoms with E-state index in [0.29, 0.717) is 31.0 Å². The van der Waals surface area contributed by atoms with E-state index in [4.69, 9.17) is 4.74 Å². The van der Waals surface area contributed by atoms with Crippen LogP contribution in [0.4, 0.5) is 0 Å². The SMILES string of the molecule is CC(C)CC(=O)N1CC2(C[C@H](OCc3ccncc3)CS2)C1. The van der Waals surface area contributed by atoms with Gasteiger partial charge in [-0.15, -0.1) is 11.8 Å². The largest absolute Gasteiger partial charge is 0.373 e. The third kappa shape index (κ3) is 3.63. The van der Waals surface area contributed by atoms with Gasteiger partial charge >= 0.3 is 0 Å². The summed E-state index contributed by atoms with van der Waals surface area (Å²) in [5.41, 5.74) is 1.17. The van der Waals surface area contributed by atoms with Gasteiger partial charge in [-0.3, -0.25) is 9.78 Å². The zero-order valence-electron chi connectivity index (χ0n) is 13.3. The van der Waals surface area contributed by atoms with Gasteiger partial charge in [-0.25, -0.2) is 0 Å². The topological polar surface area (TPSA) is 42.4 Å². The van der Waals surface area contributed by atoms with Crippen LogP contribution in [0.5, 0.6) is 0 Å². The summed E-state index contributed by atoms with van der Waals surface area (Å²) in [5.74, 6) is 1.79. The molecule has 2 saturated heterocycles. The minimum absolute atomic E-state index is 0.259. The Morgan fingerprint density at radius 2 is 2.18 bits per heavy atom. The monoisotopic (exact) mass is 320 g/mol. The number of carbonyl (C=O) groups excluding carboxylic acids is 1. The minimum Gasteiger partial charge on any atom is -0.373 e. The Labute approximate surface area is 136 Å². The zero-order valence-corrected chi connectivity index (χ0v) is 14.1. The number of rotatable bonds is 5. The molecular weight excluding hydrogens is 296 g/mol. The second-order valence-electron chi connectivity index (χ2n) is 6.83. The van der Waals surface area contributed by atoms with Crippen molar-refractivity contribution in [3.63, 3.8) is 0 Å². The Morgan fingerprint density at radius 1 is 1.45 bits per heavy atom. The molecule has 0 unspecified atom stereocenters. The second-order valence-corrected chi connectivity index (χ2v) is 8.32. The Kier molecular flexibility index (Phi) is 4.73. The van der Waals surface area contributed by atoms with Gasteiger partial charge in [0.25, 0.3) is 0 Å². The number of pyridine rings is 1. The molecule has 0 aromatic carbocycles. The van der Waals surface area contributed by atoms with E-state index in [9.17, 15) is 4.79 Å². The molecule has 3 rings (SSSR count). The van der Waals surface area contributed by atoms with Crippen LogP contribution in [0.1, 0.15) is 32.3 Å². The van der Waals surface area contributed by atoms with Gasteiger partial charge in [0.05, 0.1) is 17.5 Å². The molecule has 1 spiro atoms. The van der Waals surface area contributed by atoms with E-state index in [1.807, 2.05) is 28.8 Å². The lowest BCUT2D eigenvalue weighted by molar-refractivity contribution is -0.137. The Bertz CT molecular complexity index is 515. The molecule has 0 bridgehead atoms. The molecule has 4 nitrogen and oxygen atoms in total. The van der Waals surface area contributed by atoms with Gasteiger partial charge in [0.2, 0.25) is 5.91 Å². The predicted molar refractivity (Wildman–Crippen MR) is 88.7 cm³/mol. The number of amides is 1. The normalized spacial score (nSPS) is 23.0. The summed E-state index contributed by atoms with van der Waals surface area (Å²) in [6, 6.07) is 3.99. The van der Waals surface area contributed by atoms with Crippen molar-refractivity contribution in [2.24, 2.45) is 5.92 Å². The van der Waals surface area contributed by atoms with Gasteiger partial charge in [-0.05, 0) is 30.0 Å². The molecule has 5 heteroatoms. The third-order valence-electron chi connectivity index (χ3n) is 4.30. The van der Waals surface area contributed by atoms with E-state index in [2.05, 4.69) is 18.8 Å². The maximum atomic E-state index is 12.0. The van der Waals surface area contributed by atoms with Crippen molar-refractivity contribution in [2.75, 3.05) is 18.8 Å². The van der Waals surface area contributed by atoms with Crippen molar-refractivity contribution in [3.8, 4) is 0 Å². The first-order valence-corrected chi connectivity index (χ1v) is 8.97. The zero-order chi connectivity index (χ0) is 15.6. The first-order chi connectivity index (χ1) is 10.6. The van der Waals surface area contributed by atoms with Crippen LogP contribution in [0.2, 0.25) is 0 Å². The van der Waals surface area contributed by atoms with Crippen LogP contribution in [0.3, 0.4) is 0 Å². The van der Waals surface area contributed by atoms with Gasteiger partial charge < -0.3 is 9.64 Å². The van der Waals surface area contributed by atoms with E-state index in [1.165, 1.54) is 5.56 Å². The first kappa shape index (κ1) is 15.8. The van der Waals surface area contributed by atoms with E-state index in [-0.39, 0.29) is 4.75 Å². The maximum Gasteiger partial charge on any atom is 0.222 e. The van der Waals surface area contributed by atoms with Crippen LogP contribution in [-0.4, -0.2) is 45.5 Å². The highest BCUT2D eigenvalue weighted by atomic mass is 32.2. The summed E-state index contributed by atoms with van der Waals surface area (Å²) in [6.45, 7) is 6.65. The molecule has 2 aliphatic heterocycles. The fourth-order valence-corrected chi connectivity index (χ4v) is 4.68. The second kappa shape index (κ2) is 6.59. The van der Waals surface area contributed by atoms with E-state index in [0.717, 1.165) is 25.3 Å². The highest BCUT2D eigenvalue weighted by Gasteiger charge is 2.50. The molecule has 120 valence electrons. The summed E-state index contributed by atoms with van der Waals surface area (Å²) < 4.78 is 6.29. The van der Waals surface area contributed by atoms with Crippen LogP contribution in [0.15, 0.2) is 24.5 Å². The van der Waals surface area contributed by atoms with Gasteiger partial charge in [-0.1, -0.05) is 13.8 Å². The fourth-order valence-electron chi connectivity index (χ4n) is 3.13. The number of ether oxygens (including phenoxy) is 1. The van der Waals surface area contributed by atoms with E-state index in [1.54, 1.807) is 12.4 Å². The fraction of sp³-hybridized carbons (Fsp3) is 0.647. The highest BCUT2D eigenvalue weighted by Crippen LogP contribution is 2.46. The van der Waals surface area contributed by atoms with Crippen LogP contribution >= 0.6 is 11.8 Å². The highest BCUT2D eigenvalue weighted by molar-refractivity contribution is 8.01. The standard InChI is InChI=1S/C17H24N2O2S/c1-13(2)7-16(20)19-11-17(12-19)8-15(10-22-17)21-9-14-3-5-18-6-4-14/h3-6,13,15H,7-12H2,1-2H3/t15-/m0/s1. The van der Waals surface area contributed by atoms with Crippen molar-refractivity contribution in [3.05, 3.63) is 30.1 Å². The molecule has 1 amide bonds. The summed E-state index contributed by atoms with van der Waals surface area (Å²) in [6.07, 6.45) is 5.64. The number of aromatic nitrogens is 1. The predicted octanol–water partition coefficient (Wildman–Crippen LogP) is 2.73. The number of hydrogen-bond acceptors (Lipinski definition) is 4. The van der Waals surface area contributed by atoms with Gasteiger partial charge in [0, 0.05) is 37.7 Å². The molecule has 0 saturated carbocycles.